The third-order valence-electron chi connectivity index (χ3n) is 3.61. The zero-order valence-electron chi connectivity index (χ0n) is 14.1. The normalized spacial score (nSPS) is 11.9. The Morgan fingerprint density at radius 1 is 1.04 bits per heavy atom. The smallest absolute Gasteiger partial charge is 0.193 e. The second-order valence-electron chi connectivity index (χ2n) is 5.83. The molecule has 0 aromatic heterocycles. The van der Waals surface area contributed by atoms with Crippen molar-refractivity contribution in [3.05, 3.63) is 65.7 Å². The number of nitrogens with one attached hydrogen (secondary N) is 1. The topological polar surface area (TPSA) is 58.6 Å². The van der Waals surface area contributed by atoms with Gasteiger partial charge in [0.05, 0.1) is 12.7 Å². The van der Waals surface area contributed by atoms with Gasteiger partial charge in [-0.15, -0.1) is 0 Å². The monoisotopic (exact) mass is 327 g/mol. The van der Waals surface area contributed by atoms with Crippen LogP contribution in [0, 0.1) is 0 Å². The third kappa shape index (κ3) is 6.14. The third-order valence-corrected chi connectivity index (χ3v) is 3.61. The van der Waals surface area contributed by atoms with Crippen LogP contribution in [-0.4, -0.2) is 36.7 Å². The molecule has 0 radical (unpaired) electrons. The van der Waals surface area contributed by atoms with Gasteiger partial charge in [0.15, 0.2) is 5.78 Å². The van der Waals surface area contributed by atoms with Crippen molar-refractivity contribution in [2.45, 2.75) is 25.9 Å². The van der Waals surface area contributed by atoms with E-state index in [1.807, 2.05) is 42.5 Å². The lowest BCUT2D eigenvalue weighted by Gasteiger charge is -2.08. The van der Waals surface area contributed by atoms with E-state index in [-0.39, 0.29) is 11.9 Å². The van der Waals surface area contributed by atoms with E-state index in [9.17, 15) is 4.79 Å². The first kappa shape index (κ1) is 18.2. The molecule has 0 spiro atoms. The molecule has 0 saturated carbocycles. The van der Waals surface area contributed by atoms with Crippen LogP contribution in [0.1, 0.15) is 35.7 Å². The van der Waals surface area contributed by atoms with Gasteiger partial charge in [-0.25, -0.2) is 0 Å². The number of carbonyl (C=O) groups is 1. The Labute approximate surface area is 143 Å². The second kappa shape index (κ2) is 9.85. The summed E-state index contributed by atoms with van der Waals surface area (Å²) in [7, 11) is 0. The summed E-state index contributed by atoms with van der Waals surface area (Å²) in [5, 5.41) is 12.3. The van der Waals surface area contributed by atoms with Crippen LogP contribution in [0.3, 0.4) is 0 Å². The van der Waals surface area contributed by atoms with Gasteiger partial charge in [-0.3, -0.25) is 4.79 Å². The van der Waals surface area contributed by atoms with Crippen LogP contribution in [-0.2, 0) is 0 Å². The zero-order valence-corrected chi connectivity index (χ0v) is 14.1. The number of unbranched alkanes of at least 4 members (excludes halogenated alkanes) is 1. The lowest BCUT2D eigenvalue weighted by atomic mass is 10.0. The van der Waals surface area contributed by atoms with E-state index in [2.05, 4.69) is 5.32 Å². The number of aliphatic hydroxyl groups excluding tert-OH is 1. The SMILES string of the molecule is C[C@H](O)CNCCCCOc1ccc(C(=O)c2ccccc2)cc1. The lowest BCUT2D eigenvalue weighted by molar-refractivity contribution is 0.103. The van der Waals surface area contributed by atoms with Crippen LogP contribution in [0.15, 0.2) is 54.6 Å². The first-order valence-electron chi connectivity index (χ1n) is 8.38. The highest BCUT2D eigenvalue weighted by atomic mass is 16.5. The maximum absolute atomic E-state index is 12.3. The van der Waals surface area contributed by atoms with Gasteiger partial charge in [0.2, 0.25) is 0 Å². The number of ether oxygens (including phenoxy) is 1. The summed E-state index contributed by atoms with van der Waals surface area (Å²) in [5.41, 5.74) is 1.35. The highest BCUT2D eigenvalue weighted by Crippen LogP contribution is 2.15. The van der Waals surface area contributed by atoms with Gasteiger partial charge in [-0.05, 0) is 50.6 Å². The Morgan fingerprint density at radius 3 is 2.38 bits per heavy atom. The van der Waals surface area contributed by atoms with Crippen LogP contribution in [0.2, 0.25) is 0 Å². The van der Waals surface area contributed by atoms with Crippen LogP contribution >= 0.6 is 0 Å². The summed E-state index contributed by atoms with van der Waals surface area (Å²) in [5.74, 6) is 0.794. The molecule has 0 aliphatic rings. The molecule has 0 fully saturated rings. The molecule has 1 atom stereocenters. The molecular formula is C20H25NO3. The average molecular weight is 327 g/mol. The van der Waals surface area contributed by atoms with Crippen molar-refractivity contribution in [3.8, 4) is 5.75 Å². The fraction of sp³-hybridized carbons (Fsp3) is 0.350. The van der Waals surface area contributed by atoms with E-state index in [0.717, 1.165) is 25.1 Å². The van der Waals surface area contributed by atoms with Crippen molar-refractivity contribution in [2.24, 2.45) is 0 Å². The number of rotatable bonds is 10. The molecule has 128 valence electrons. The predicted molar refractivity (Wildman–Crippen MR) is 95.6 cm³/mol. The van der Waals surface area contributed by atoms with E-state index >= 15 is 0 Å². The maximum Gasteiger partial charge on any atom is 0.193 e. The number of aliphatic hydroxyl groups is 1. The van der Waals surface area contributed by atoms with Crippen molar-refractivity contribution in [1.82, 2.24) is 5.32 Å². The first-order valence-corrected chi connectivity index (χ1v) is 8.38. The molecule has 2 aromatic rings. The van der Waals surface area contributed by atoms with Crippen molar-refractivity contribution < 1.29 is 14.6 Å². The fourth-order valence-electron chi connectivity index (χ4n) is 2.31. The van der Waals surface area contributed by atoms with E-state index in [0.29, 0.717) is 24.3 Å². The van der Waals surface area contributed by atoms with Crippen LogP contribution in [0.25, 0.3) is 0 Å². The quantitative estimate of drug-likeness (QED) is 0.520. The minimum Gasteiger partial charge on any atom is -0.494 e. The van der Waals surface area contributed by atoms with Gasteiger partial charge in [-0.2, -0.15) is 0 Å². The van der Waals surface area contributed by atoms with Crippen LogP contribution in [0.4, 0.5) is 0 Å². The van der Waals surface area contributed by atoms with Crippen LogP contribution in [0.5, 0.6) is 5.75 Å². The number of carbonyl (C=O) groups excluding carboxylic acids is 1. The van der Waals surface area contributed by atoms with Crippen molar-refractivity contribution in [1.29, 1.82) is 0 Å². The number of ketones is 1. The highest BCUT2D eigenvalue weighted by Gasteiger charge is 2.08. The van der Waals surface area contributed by atoms with Crippen molar-refractivity contribution in [3.63, 3.8) is 0 Å². The number of benzene rings is 2. The van der Waals surface area contributed by atoms with Gasteiger partial charge in [-0.1, -0.05) is 30.3 Å². The Bertz CT molecular complexity index is 609. The molecule has 2 aromatic carbocycles. The van der Waals surface area contributed by atoms with Gasteiger partial charge in [0.25, 0.3) is 0 Å². The van der Waals surface area contributed by atoms with E-state index < -0.39 is 0 Å². The summed E-state index contributed by atoms with van der Waals surface area (Å²) >= 11 is 0. The standard InChI is InChI=1S/C20H25NO3/c1-16(22)15-21-13-5-6-14-24-19-11-9-18(10-12-19)20(23)17-7-3-2-4-8-17/h2-4,7-12,16,21-22H,5-6,13-15H2,1H3/t16-/m0/s1. The van der Waals surface area contributed by atoms with Gasteiger partial charge >= 0.3 is 0 Å². The average Bonchev–Trinajstić information content (AvgIpc) is 2.61. The fourth-order valence-corrected chi connectivity index (χ4v) is 2.31. The van der Waals surface area contributed by atoms with E-state index in [1.165, 1.54) is 0 Å². The molecule has 4 nitrogen and oxygen atoms in total. The molecule has 0 amide bonds. The zero-order chi connectivity index (χ0) is 17.2. The van der Waals surface area contributed by atoms with Crippen molar-refractivity contribution in [2.75, 3.05) is 19.7 Å². The molecule has 2 rings (SSSR count). The van der Waals surface area contributed by atoms with E-state index in [1.54, 1.807) is 19.1 Å². The number of hydrogen-bond donors (Lipinski definition) is 2. The minimum absolute atomic E-state index is 0.0198. The molecule has 0 saturated heterocycles. The molecule has 2 N–H and O–H groups in total. The molecule has 4 heteroatoms. The molecule has 0 bridgehead atoms. The molecule has 0 aliphatic carbocycles. The van der Waals surface area contributed by atoms with Gasteiger partial charge < -0.3 is 15.2 Å². The summed E-state index contributed by atoms with van der Waals surface area (Å²) in [4.78, 5) is 12.3. The van der Waals surface area contributed by atoms with Gasteiger partial charge in [0.1, 0.15) is 5.75 Å². The summed E-state index contributed by atoms with van der Waals surface area (Å²) in [6.07, 6.45) is 1.63. The molecule has 0 aliphatic heterocycles. The molecule has 24 heavy (non-hydrogen) atoms. The summed E-state index contributed by atoms with van der Waals surface area (Å²) in [6, 6.07) is 16.5. The highest BCUT2D eigenvalue weighted by molar-refractivity contribution is 6.08. The van der Waals surface area contributed by atoms with Crippen molar-refractivity contribution >= 4 is 5.78 Å². The summed E-state index contributed by atoms with van der Waals surface area (Å²) in [6.45, 7) is 3.90. The van der Waals surface area contributed by atoms with E-state index in [4.69, 9.17) is 9.84 Å². The maximum atomic E-state index is 12.3. The second-order valence-corrected chi connectivity index (χ2v) is 5.83. The Hall–Kier alpha value is -2.17. The molecule has 0 unspecified atom stereocenters. The molecular weight excluding hydrogens is 302 g/mol. The Balaban J connectivity index is 1.71. The number of hydrogen-bond acceptors (Lipinski definition) is 4. The Morgan fingerprint density at radius 2 is 1.71 bits per heavy atom. The van der Waals surface area contributed by atoms with Crippen LogP contribution < -0.4 is 10.1 Å². The summed E-state index contributed by atoms with van der Waals surface area (Å²) < 4.78 is 5.69. The Kier molecular flexibility index (Phi) is 7.46. The minimum atomic E-state index is -0.307. The molecule has 0 heterocycles. The predicted octanol–water partition coefficient (Wildman–Crippen LogP) is 3.05. The largest absolute Gasteiger partial charge is 0.494 e. The lowest BCUT2D eigenvalue weighted by Crippen LogP contribution is -2.25. The van der Waals surface area contributed by atoms with Gasteiger partial charge in [0, 0.05) is 17.7 Å². The first-order chi connectivity index (χ1) is 11.7.